The fourth-order valence-electron chi connectivity index (χ4n) is 3.38. The van der Waals surface area contributed by atoms with Crippen molar-refractivity contribution in [3.05, 3.63) is 59.4 Å². The first-order chi connectivity index (χ1) is 12.2. The van der Waals surface area contributed by atoms with E-state index in [9.17, 15) is 4.79 Å². The molecule has 1 atom stereocenters. The average Bonchev–Trinajstić information content (AvgIpc) is 3.27. The van der Waals surface area contributed by atoms with Crippen LogP contribution in [0, 0.1) is 0 Å². The molecule has 25 heavy (non-hydrogen) atoms. The zero-order valence-corrected chi connectivity index (χ0v) is 14.4. The Bertz CT molecular complexity index is 736. The number of hydrogen-bond donors (Lipinski definition) is 2. The fraction of sp³-hybridized carbons (Fsp3) is 0.368. The quantitative estimate of drug-likeness (QED) is 0.481. The maximum Gasteiger partial charge on any atom is 0.267 e. The third-order valence-corrected chi connectivity index (χ3v) is 4.67. The van der Waals surface area contributed by atoms with Crippen LogP contribution in [-0.4, -0.2) is 38.9 Å². The summed E-state index contributed by atoms with van der Waals surface area (Å²) in [5, 5.41) is 12.7. The van der Waals surface area contributed by atoms with E-state index in [1.807, 2.05) is 30.1 Å². The monoisotopic (exact) mass is 340 g/mol. The highest BCUT2D eigenvalue weighted by Gasteiger charge is 2.25. The second-order valence-corrected chi connectivity index (χ2v) is 6.44. The van der Waals surface area contributed by atoms with Crippen molar-refractivity contribution in [3.8, 4) is 0 Å². The van der Waals surface area contributed by atoms with Gasteiger partial charge in [-0.25, -0.2) is 5.48 Å². The Balaban J connectivity index is 1.61. The Morgan fingerprint density at radius 3 is 2.88 bits per heavy atom. The lowest BCUT2D eigenvalue weighted by Gasteiger charge is -2.24. The first-order valence-electron chi connectivity index (χ1n) is 8.59. The Kier molecular flexibility index (Phi) is 5.63. The van der Waals surface area contributed by atoms with Gasteiger partial charge in [-0.2, -0.15) is 5.10 Å². The van der Waals surface area contributed by atoms with Gasteiger partial charge in [-0.15, -0.1) is 0 Å². The van der Waals surface area contributed by atoms with Gasteiger partial charge in [0.05, 0.1) is 6.20 Å². The van der Waals surface area contributed by atoms with Crippen LogP contribution in [0.15, 0.2) is 42.7 Å². The fourth-order valence-corrected chi connectivity index (χ4v) is 3.38. The molecule has 0 saturated carbocycles. The van der Waals surface area contributed by atoms with Crippen LogP contribution in [0.4, 0.5) is 0 Å². The molecule has 1 aromatic carbocycles. The molecule has 6 heteroatoms. The normalized spacial score (nSPS) is 18.1. The number of aryl methyl sites for hydroxylation is 1. The van der Waals surface area contributed by atoms with Crippen LogP contribution in [0.3, 0.4) is 0 Å². The second kappa shape index (κ2) is 8.09. The van der Waals surface area contributed by atoms with Crippen molar-refractivity contribution in [2.24, 2.45) is 7.05 Å². The number of benzene rings is 1. The molecule has 2 heterocycles. The maximum absolute atomic E-state index is 11.0. The van der Waals surface area contributed by atoms with Gasteiger partial charge in [0.15, 0.2) is 0 Å². The van der Waals surface area contributed by atoms with Crippen molar-refractivity contribution >= 4 is 12.0 Å². The highest BCUT2D eigenvalue weighted by Crippen LogP contribution is 2.32. The molecule has 2 aromatic rings. The highest BCUT2D eigenvalue weighted by atomic mass is 16.5. The molecule has 0 unspecified atom stereocenters. The topological polar surface area (TPSA) is 70.4 Å². The van der Waals surface area contributed by atoms with Gasteiger partial charge in [0, 0.05) is 31.9 Å². The molecule has 1 aliphatic heterocycles. The van der Waals surface area contributed by atoms with Crippen LogP contribution in [0.25, 0.3) is 6.08 Å². The summed E-state index contributed by atoms with van der Waals surface area (Å²) in [5.74, 6) is -0.526. The van der Waals surface area contributed by atoms with Crippen molar-refractivity contribution in [1.82, 2.24) is 20.2 Å². The zero-order chi connectivity index (χ0) is 17.6. The largest absolute Gasteiger partial charge is 0.296 e. The molecule has 1 saturated heterocycles. The molecule has 6 nitrogen and oxygen atoms in total. The lowest BCUT2D eigenvalue weighted by Crippen LogP contribution is -2.25. The lowest BCUT2D eigenvalue weighted by molar-refractivity contribution is -0.124. The van der Waals surface area contributed by atoms with E-state index in [4.69, 9.17) is 5.21 Å². The van der Waals surface area contributed by atoms with Gasteiger partial charge in [-0.1, -0.05) is 24.3 Å². The van der Waals surface area contributed by atoms with Crippen LogP contribution < -0.4 is 5.48 Å². The summed E-state index contributed by atoms with van der Waals surface area (Å²) in [7, 11) is 1.95. The van der Waals surface area contributed by atoms with Gasteiger partial charge in [0.25, 0.3) is 5.91 Å². The van der Waals surface area contributed by atoms with Crippen molar-refractivity contribution in [2.45, 2.75) is 25.3 Å². The van der Waals surface area contributed by atoms with E-state index in [1.54, 1.807) is 11.6 Å². The Morgan fingerprint density at radius 1 is 1.40 bits per heavy atom. The van der Waals surface area contributed by atoms with Crippen molar-refractivity contribution in [2.75, 3.05) is 13.1 Å². The maximum atomic E-state index is 11.0. The molecule has 2 N–H and O–H groups in total. The van der Waals surface area contributed by atoms with E-state index in [-0.39, 0.29) is 0 Å². The van der Waals surface area contributed by atoms with Crippen LogP contribution in [0.1, 0.15) is 35.6 Å². The standard InChI is InChI=1S/C19H24N4O2/c1-22-14-16(13-20-22)10-12-23-11-2-3-18(23)17-7-4-15(5-8-17)6-9-19(24)21-25/h4-9,13-14,18,25H,2-3,10-12H2,1H3,(H,21,24)/t18-/m0/s1. The van der Waals surface area contributed by atoms with Gasteiger partial charge < -0.3 is 0 Å². The minimum atomic E-state index is -0.526. The molecule has 0 spiro atoms. The SMILES string of the molecule is Cn1cc(CCN2CCC[C@H]2c2ccc(C=CC(=O)NO)cc2)cn1. The summed E-state index contributed by atoms with van der Waals surface area (Å²) in [5.41, 5.74) is 5.11. The van der Waals surface area contributed by atoms with E-state index >= 15 is 0 Å². The molecule has 3 rings (SSSR count). The predicted molar refractivity (Wildman–Crippen MR) is 95.9 cm³/mol. The summed E-state index contributed by atoms with van der Waals surface area (Å²) in [6.07, 6.45) is 10.4. The third kappa shape index (κ3) is 4.55. The van der Waals surface area contributed by atoms with Crippen LogP contribution in [0.2, 0.25) is 0 Å². The van der Waals surface area contributed by atoms with Crippen molar-refractivity contribution in [3.63, 3.8) is 0 Å². The minimum absolute atomic E-state index is 0.454. The number of nitrogens with zero attached hydrogens (tertiary/aromatic N) is 3. The van der Waals surface area contributed by atoms with E-state index in [1.165, 1.54) is 30.0 Å². The average molecular weight is 340 g/mol. The zero-order valence-electron chi connectivity index (χ0n) is 14.4. The molecule has 0 radical (unpaired) electrons. The molecule has 0 aliphatic carbocycles. The molecular formula is C19H24N4O2. The van der Waals surface area contributed by atoms with Gasteiger partial charge in [-0.3, -0.25) is 19.6 Å². The van der Waals surface area contributed by atoms with Crippen LogP contribution in [-0.2, 0) is 18.3 Å². The van der Waals surface area contributed by atoms with Crippen molar-refractivity contribution in [1.29, 1.82) is 0 Å². The molecule has 1 aliphatic rings. The summed E-state index contributed by atoms with van der Waals surface area (Å²) in [6, 6.07) is 8.73. The first kappa shape index (κ1) is 17.4. The second-order valence-electron chi connectivity index (χ2n) is 6.44. The van der Waals surface area contributed by atoms with E-state index < -0.39 is 5.91 Å². The first-order valence-corrected chi connectivity index (χ1v) is 8.59. The Labute approximate surface area is 147 Å². The molecular weight excluding hydrogens is 316 g/mol. The summed E-state index contributed by atoms with van der Waals surface area (Å²) < 4.78 is 1.85. The molecule has 1 fully saturated rings. The van der Waals surface area contributed by atoms with Gasteiger partial charge in [0.2, 0.25) is 0 Å². The number of hydrogen-bond acceptors (Lipinski definition) is 4. The third-order valence-electron chi connectivity index (χ3n) is 4.67. The number of nitrogens with one attached hydrogen (secondary N) is 1. The van der Waals surface area contributed by atoms with Gasteiger partial charge in [0.1, 0.15) is 0 Å². The smallest absolute Gasteiger partial charge is 0.267 e. The minimum Gasteiger partial charge on any atom is -0.296 e. The van der Waals surface area contributed by atoms with Crippen molar-refractivity contribution < 1.29 is 10.0 Å². The predicted octanol–water partition coefficient (Wildman–Crippen LogP) is 2.32. The Morgan fingerprint density at radius 2 is 2.20 bits per heavy atom. The van der Waals surface area contributed by atoms with Gasteiger partial charge >= 0.3 is 0 Å². The number of hydroxylamine groups is 1. The number of carbonyl (C=O) groups excluding carboxylic acids is 1. The number of likely N-dealkylation sites (tertiary alicyclic amines) is 1. The lowest BCUT2D eigenvalue weighted by atomic mass is 10.0. The molecule has 0 bridgehead atoms. The highest BCUT2D eigenvalue weighted by molar-refractivity contribution is 5.90. The van der Waals surface area contributed by atoms with Crippen LogP contribution >= 0.6 is 0 Å². The number of aromatic nitrogens is 2. The number of amides is 1. The molecule has 132 valence electrons. The molecule has 1 aromatic heterocycles. The van der Waals surface area contributed by atoms with E-state index in [2.05, 4.69) is 28.3 Å². The van der Waals surface area contributed by atoms with E-state index in [0.29, 0.717) is 6.04 Å². The summed E-state index contributed by atoms with van der Waals surface area (Å²) in [6.45, 7) is 2.16. The Hall–Kier alpha value is -2.44. The van der Waals surface area contributed by atoms with Gasteiger partial charge in [-0.05, 0) is 48.6 Å². The molecule has 1 amide bonds. The number of carbonyl (C=O) groups is 1. The summed E-state index contributed by atoms with van der Waals surface area (Å²) in [4.78, 5) is 13.6. The summed E-state index contributed by atoms with van der Waals surface area (Å²) >= 11 is 0. The van der Waals surface area contributed by atoms with E-state index in [0.717, 1.165) is 25.1 Å². The van der Waals surface area contributed by atoms with Crippen LogP contribution in [0.5, 0.6) is 0 Å². The number of rotatable bonds is 6.